The molecule has 0 bridgehead atoms. The summed E-state index contributed by atoms with van der Waals surface area (Å²) < 4.78 is 28.3. The first kappa shape index (κ1) is 15.2. The summed E-state index contributed by atoms with van der Waals surface area (Å²) in [4.78, 5) is 1.68. The van der Waals surface area contributed by atoms with Gasteiger partial charge in [0.05, 0.1) is 10.9 Å². The molecule has 0 unspecified atom stereocenters. The van der Waals surface area contributed by atoms with E-state index >= 15 is 0 Å². The maximum Gasteiger partial charge on any atom is 0.243 e. The number of hydrogen-bond donors (Lipinski definition) is 0. The van der Waals surface area contributed by atoms with Crippen molar-refractivity contribution in [2.45, 2.75) is 30.7 Å². The number of fused-ring (bicyclic) bond motifs is 1. The van der Waals surface area contributed by atoms with E-state index in [1.165, 1.54) is 10.4 Å². The second-order valence-corrected chi connectivity index (χ2v) is 8.85. The van der Waals surface area contributed by atoms with E-state index in [9.17, 15) is 8.42 Å². The third-order valence-corrected chi connectivity index (χ3v) is 7.23. The van der Waals surface area contributed by atoms with Crippen molar-refractivity contribution in [3.63, 3.8) is 0 Å². The summed E-state index contributed by atoms with van der Waals surface area (Å²) in [5, 5.41) is 2.06. The largest absolute Gasteiger partial charge is 0.243 e. The van der Waals surface area contributed by atoms with Crippen molar-refractivity contribution in [1.82, 2.24) is 4.31 Å². The fourth-order valence-electron chi connectivity index (χ4n) is 2.85. The third kappa shape index (κ3) is 2.70. The van der Waals surface area contributed by atoms with Crippen molar-refractivity contribution in [2.24, 2.45) is 0 Å². The minimum atomic E-state index is -3.46. The summed E-state index contributed by atoms with van der Waals surface area (Å²) in [5.41, 5.74) is 1.17. The lowest BCUT2D eigenvalue weighted by Crippen LogP contribution is -2.39. The molecule has 3 rings (SSSR count). The Morgan fingerprint density at radius 2 is 2.19 bits per heavy atom. The van der Waals surface area contributed by atoms with E-state index in [1.807, 2.05) is 13.0 Å². The van der Waals surface area contributed by atoms with Gasteiger partial charge in [0.15, 0.2) is 0 Å². The maximum atomic E-state index is 12.9. The Bertz CT molecular complexity index is 755. The Morgan fingerprint density at radius 1 is 1.38 bits per heavy atom. The normalized spacial score (nSPS) is 19.4. The molecule has 0 amide bonds. The first-order valence-corrected chi connectivity index (χ1v) is 9.99. The molecule has 0 aliphatic carbocycles. The van der Waals surface area contributed by atoms with E-state index in [2.05, 4.69) is 27.4 Å². The van der Waals surface area contributed by atoms with Crippen LogP contribution in [-0.2, 0) is 16.4 Å². The highest BCUT2D eigenvalue weighted by molar-refractivity contribution is 9.10. The van der Waals surface area contributed by atoms with E-state index in [-0.39, 0.29) is 6.04 Å². The summed E-state index contributed by atoms with van der Waals surface area (Å²) in [7, 11) is -3.46. The molecule has 0 N–H and O–H groups in total. The molecule has 0 saturated carbocycles. The lowest BCUT2D eigenvalue weighted by atomic mass is 10.0. The monoisotopic (exact) mass is 385 g/mol. The van der Waals surface area contributed by atoms with Gasteiger partial charge < -0.3 is 0 Å². The van der Waals surface area contributed by atoms with Crippen LogP contribution in [0.15, 0.2) is 45.1 Å². The zero-order valence-corrected chi connectivity index (χ0v) is 14.8. The number of halogens is 1. The Labute approximate surface area is 137 Å². The molecule has 2 aromatic rings. The van der Waals surface area contributed by atoms with Gasteiger partial charge in [0, 0.05) is 15.9 Å². The molecule has 0 radical (unpaired) electrons. The van der Waals surface area contributed by atoms with Crippen molar-refractivity contribution in [3.8, 4) is 0 Å². The summed E-state index contributed by atoms with van der Waals surface area (Å²) in [5.74, 6) is 0. The summed E-state index contributed by atoms with van der Waals surface area (Å²) in [6.07, 6.45) is 1.59. The first-order valence-electron chi connectivity index (χ1n) is 6.87. The second-order valence-electron chi connectivity index (χ2n) is 5.05. The molecule has 6 heteroatoms. The number of sulfonamides is 1. The number of nitrogens with zero attached hydrogens (tertiary/aromatic N) is 1. The highest BCUT2D eigenvalue weighted by Gasteiger charge is 2.35. The van der Waals surface area contributed by atoms with Crippen molar-refractivity contribution < 1.29 is 8.42 Å². The molecule has 1 aromatic heterocycles. The molecule has 1 atom stereocenters. The van der Waals surface area contributed by atoms with Crippen LogP contribution < -0.4 is 0 Å². The van der Waals surface area contributed by atoms with Crippen LogP contribution in [0.25, 0.3) is 0 Å². The van der Waals surface area contributed by atoms with Crippen LogP contribution in [0.3, 0.4) is 0 Å². The van der Waals surface area contributed by atoms with Crippen LogP contribution >= 0.6 is 27.3 Å². The van der Waals surface area contributed by atoms with E-state index in [0.29, 0.717) is 11.4 Å². The Hall–Kier alpha value is -0.690. The molecule has 112 valence electrons. The molecule has 1 aliphatic heterocycles. The van der Waals surface area contributed by atoms with Crippen molar-refractivity contribution in [3.05, 3.63) is 50.6 Å². The van der Waals surface area contributed by atoms with E-state index < -0.39 is 10.0 Å². The lowest BCUT2D eigenvalue weighted by Gasteiger charge is -2.34. The standard InChI is InChI=1S/C15H16BrNO2S2/c1-2-14-13-7-9-20-15(13)6-8-17(14)21(18,19)12-5-3-4-11(16)10-12/h3-5,7,9-10,14H,2,6,8H2,1H3/t14-/m1/s1. The van der Waals surface area contributed by atoms with E-state index in [4.69, 9.17) is 0 Å². The van der Waals surface area contributed by atoms with Gasteiger partial charge >= 0.3 is 0 Å². The van der Waals surface area contributed by atoms with Gasteiger partial charge in [-0.1, -0.05) is 28.9 Å². The number of thiophene rings is 1. The molecule has 21 heavy (non-hydrogen) atoms. The van der Waals surface area contributed by atoms with Crippen molar-refractivity contribution in [2.75, 3.05) is 6.54 Å². The topological polar surface area (TPSA) is 37.4 Å². The van der Waals surface area contributed by atoms with Crippen molar-refractivity contribution in [1.29, 1.82) is 0 Å². The Kier molecular flexibility index (Phi) is 4.23. The average molecular weight is 386 g/mol. The minimum absolute atomic E-state index is 0.0519. The minimum Gasteiger partial charge on any atom is -0.207 e. The SMILES string of the molecule is CC[C@@H]1c2ccsc2CCN1S(=O)(=O)c1cccc(Br)c1. The van der Waals surface area contributed by atoms with Crippen LogP contribution in [0.5, 0.6) is 0 Å². The van der Waals surface area contributed by atoms with E-state index in [1.54, 1.807) is 33.8 Å². The lowest BCUT2D eigenvalue weighted by molar-refractivity contribution is 0.303. The fraction of sp³-hybridized carbons (Fsp3) is 0.333. The van der Waals surface area contributed by atoms with Gasteiger partial charge in [-0.3, -0.25) is 0 Å². The fourth-order valence-corrected chi connectivity index (χ4v) is 6.05. The molecule has 0 saturated heterocycles. The maximum absolute atomic E-state index is 12.9. The van der Waals surface area contributed by atoms with Crippen LogP contribution in [0.1, 0.15) is 29.8 Å². The number of benzene rings is 1. The van der Waals surface area contributed by atoms with Crippen LogP contribution in [0, 0.1) is 0 Å². The molecule has 3 nitrogen and oxygen atoms in total. The van der Waals surface area contributed by atoms with Gasteiger partial charge in [0.2, 0.25) is 10.0 Å². The molecular weight excluding hydrogens is 370 g/mol. The summed E-state index contributed by atoms with van der Waals surface area (Å²) in [6.45, 7) is 2.60. The second kappa shape index (κ2) is 5.83. The zero-order chi connectivity index (χ0) is 15.0. The van der Waals surface area contributed by atoms with Gasteiger partial charge in [0.1, 0.15) is 0 Å². The molecule has 0 spiro atoms. The van der Waals surface area contributed by atoms with Gasteiger partial charge in [-0.2, -0.15) is 4.31 Å². The predicted molar refractivity (Wildman–Crippen MR) is 89.1 cm³/mol. The average Bonchev–Trinajstić information content (AvgIpc) is 2.94. The van der Waals surface area contributed by atoms with Crippen LogP contribution in [0.4, 0.5) is 0 Å². The van der Waals surface area contributed by atoms with Crippen molar-refractivity contribution >= 4 is 37.3 Å². The smallest absolute Gasteiger partial charge is 0.207 e. The summed E-state index contributed by atoms with van der Waals surface area (Å²) in [6, 6.07) is 8.95. The summed E-state index contributed by atoms with van der Waals surface area (Å²) >= 11 is 5.08. The molecule has 2 heterocycles. The van der Waals surface area contributed by atoms with E-state index in [0.717, 1.165) is 17.3 Å². The number of rotatable bonds is 3. The molecular formula is C15H16BrNO2S2. The molecule has 1 aromatic carbocycles. The highest BCUT2D eigenvalue weighted by atomic mass is 79.9. The first-order chi connectivity index (χ1) is 10.0. The molecule has 1 aliphatic rings. The highest BCUT2D eigenvalue weighted by Crippen LogP contribution is 2.38. The van der Waals surface area contributed by atoms with Crippen LogP contribution in [0.2, 0.25) is 0 Å². The molecule has 0 fully saturated rings. The van der Waals surface area contributed by atoms with Gasteiger partial charge in [0.25, 0.3) is 0 Å². The quantitative estimate of drug-likeness (QED) is 0.793. The predicted octanol–water partition coefficient (Wildman–Crippen LogP) is 4.21. The zero-order valence-electron chi connectivity index (χ0n) is 11.6. The van der Waals surface area contributed by atoms with Gasteiger partial charge in [-0.05, 0) is 48.1 Å². The van der Waals surface area contributed by atoms with Gasteiger partial charge in [-0.25, -0.2) is 8.42 Å². The third-order valence-electron chi connectivity index (χ3n) is 3.84. The number of hydrogen-bond acceptors (Lipinski definition) is 3. The van der Waals surface area contributed by atoms with Crippen LogP contribution in [-0.4, -0.2) is 19.3 Å². The van der Waals surface area contributed by atoms with Gasteiger partial charge in [-0.15, -0.1) is 11.3 Å². The Balaban J connectivity index is 2.03. The Morgan fingerprint density at radius 3 is 2.90 bits per heavy atom.